The third-order valence-electron chi connectivity index (χ3n) is 3.92. The molecule has 1 fully saturated rings. The molecule has 2 rings (SSSR count). The lowest BCUT2D eigenvalue weighted by Gasteiger charge is -2.27. The molecular weight excluding hydrogens is 245 g/mol. The van der Waals surface area contributed by atoms with Crippen LogP contribution in [-0.2, 0) is 4.74 Å². The average Bonchev–Trinajstić information content (AvgIpc) is 2.82. The summed E-state index contributed by atoms with van der Waals surface area (Å²) in [5, 5.41) is 10.1. The number of benzene rings is 1. The Morgan fingerprint density at radius 1 is 1.47 bits per heavy atom. The van der Waals surface area contributed by atoms with E-state index in [2.05, 4.69) is 11.8 Å². The van der Waals surface area contributed by atoms with E-state index in [0.717, 1.165) is 19.6 Å². The first-order chi connectivity index (χ1) is 9.09. The molecule has 0 amide bonds. The highest BCUT2D eigenvalue weighted by Crippen LogP contribution is 2.22. The van der Waals surface area contributed by atoms with Crippen LogP contribution in [0.1, 0.15) is 31.4 Å². The predicted molar refractivity (Wildman–Crippen MR) is 72.4 cm³/mol. The molecule has 19 heavy (non-hydrogen) atoms. The van der Waals surface area contributed by atoms with Gasteiger partial charge in [0.25, 0.3) is 0 Å². The topological polar surface area (TPSA) is 32.7 Å². The molecule has 3 atom stereocenters. The smallest absolute Gasteiger partial charge is 0.128 e. The minimum absolute atomic E-state index is 0.232. The van der Waals surface area contributed by atoms with E-state index in [-0.39, 0.29) is 11.9 Å². The van der Waals surface area contributed by atoms with Crippen LogP contribution < -0.4 is 0 Å². The van der Waals surface area contributed by atoms with Gasteiger partial charge in [-0.3, -0.25) is 0 Å². The summed E-state index contributed by atoms with van der Waals surface area (Å²) < 4.78 is 19.1. The Morgan fingerprint density at radius 3 is 2.84 bits per heavy atom. The molecule has 1 aromatic carbocycles. The maximum absolute atomic E-state index is 13.5. The van der Waals surface area contributed by atoms with Crippen LogP contribution in [0.15, 0.2) is 24.3 Å². The Labute approximate surface area is 114 Å². The molecule has 0 bridgehead atoms. The van der Waals surface area contributed by atoms with Gasteiger partial charge in [0.1, 0.15) is 5.82 Å². The molecule has 1 N–H and O–H groups in total. The zero-order valence-corrected chi connectivity index (χ0v) is 11.6. The summed E-state index contributed by atoms with van der Waals surface area (Å²) in [6.07, 6.45) is 1.03. The van der Waals surface area contributed by atoms with Crippen molar-refractivity contribution in [3.63, 3.8) is 0 Å². The van der Waals surface area contributed by atoms with Crippen molar-refractivity contribution in [2.75, 3.05) is 20.2 Å². The monoisotopic (exact) mass is 267 g/mol. The first-order valence-electron chi connectivity index (χ1n) is 6.84. The maximum Gasteiger partial charge on any atom is 0.128 e. The highest BCUT2D eigenvalue weighted by Gasteiger charge is 2.28. The minimum atomic E-state index is -0.749. The van der Waals surface area contributed by atoms with Crippen LogP contribution >= 0.6 is 0 Å². The first-order valence-corrected chi connectivity index (χ1v) is 6.84. The molecule has 1 aliphatic rings. The number of hydrogen-bond acceptors (Lipinski definition) is 3. The number of aliphatic hydroxyl groups excluding tert-OH is 1. The third-order valence-corrected chi connectivity index (χ3v) is 3.92. The Balaban J connectivity index is 1.86. The Bertz CT molecular complexity index is 413. The van der Waals surface area contributed by atoms with Gasteiger partial charge < -0.3 is 14.7 Å². The zero-order chi connectivity index (χ0) is 13.8. The fraction of sp³-hybridized carbons (Fsp3) is 0.600. The lowest BCUT2D eigenvalue weighted by Crippen LogP contribution is -2.37. The molecule has 0 radical (unpaired) electrons. The number of aliphatic hydroxyl groups is 1. The summed E-state index contributed by atoms with van der Waals surface area (Å²) in [5.74, 6) is -0.338. The fourth-order valence-corrected chi connectivity index (χ4v) is 2.69. The van der Waals surface area contributed by atoms with Gasteiger partial charge in [-0.15, -0.1) is 0 Å². The fourth-order valence-electron chi connectivity index (χ4n) is 2.69. The van der Waals surface area contributed by atoms with Gasteiger partial charge in [-0.05, 0) is 32.9 Å². The van der Waals surface area contributed by atoms with Crippen molar-refractivity contribution in [3.8, 4) is 0 Å². The molecular formula is C15H22FNO2. The second kappa shape index (κ2) is 6.46. The Morgan fingerprint density at radius 2 is 2.21 bits per heavy atom. The highest BCUT2D eigenvalue weighted by molar-refractivity contribution is 5.19. The van der Waals surface area contributed by atoms with Crippen LogP contribution in [-0.4, -0.2) is 42.4 Å². The molecule has 0 aromatic heterocycles. The van der Waals surface area contributed by atoms with Crippen LogP contribution in [0.2, 0.25) is 0 Å². The number of nitrogens with zero attached hydrogens (tertiary/aromatic N) is 1. The van der Waals surface area contributed by atoms with Crippen molar-refractivity contribution in [2.24, 2.45) is 0 Å². The highest BCUT2D eigenvalue weighted by atomic mass is 19.1. The third kappa shape index (κ3) is 3.53. The lowest BCUT2D eigenvalue weighted by atomic mass is 10.0. The number of halogens is 1. The van der Waals surface area contributed by atoms with Crippen LogP contribution in [0, 0.1) is 5.82 Å². The second-order valence-electron chi connectivity index (χ2n) is 5.24. The van der Waals surface area contributed by atoms with E-state index in [1.807, 2.05) is 7.05 Å². The number of hydrogen-bond donors (Lipinski definition) is 1. The average molecular weight is 267 g/mol. The summed E-state index contributed by atoms with van der Waals surface area (Å²) in [6, 6.07) is 6.80. The first kappa shape index (κ1) is 14.4. The Hall–Kier alpha value is -0.970. The van der Waals surface area contributed by atoms with Gasteiger partial charge in [0.15, 0.2) is 0 Å². The van der Waals surface area contributed by atoms with Crippen LogP contribution in [0.4, 0.5) is 4.39 Å². The predicted octanol–water partition coefficient (Wildman–Crippen LogP) is 2.36. The standard InChI is InChI=1S/C15H22FNO2/c1-11-14(8-10-19-11)17(2)9-7-15(18)12-5-3-4-6-13(12)16/h3-6,11,14-15,18H,7-10H2,1-2H3. The lowest BCUT2D eigenvalue weighted by molar-refractivity contribution is 0.0744. The van der Waals surface area contributed by atoms with Crippen molar-refractivity contribution >= 4 is 0 Å². The molecule has 3 nitrogen and oxygen atoms in total. The van der Waals surface area contributed by atoms with Crippen LogP contribution in [0.5, 0.6) is 0 Å². The van der Waals surface area contributed by atoms with E-state index in [1.54, 1.807) is 18.2 Å². The van der Waals surface area contributed by atoms with E-state index in [1.165, 1.54) is 6.07 Å². The van der Waals surface area contributed by atoms with Crippen molar-refractivity contribution in [1.82, 2.24) is 4.90 Å². The van der Waals surface area contributed by atoms with E-state index in [4.69, 9.17) is 4.74 Å². The summed E-state index contributed by atoms with van der Waals surface area (Å²) in [7, 11) is 2.03. The number of ether oxygens (including phenoxy) is 1. The minimum Gasteiger partial charge on any atom is -0.388 e. The summed E-state index contributed by atoms with van der Waals surface area (Å²) in [6.45, 7) is 3.60. The van der Waals surface area contributed by atoms with E-state index >= 15 is 0 Å². The number of likely N-dealkylation sites (N-methyl/N-ethyl adjacent to an activating group) is 1. The molecule has 1 aliphatic heterocycles. The molecule has 3 unspecified atom stereocenters. The number of rotatable bonds is 5. The molecule has 0 spiro atoms. The van der Waals surface area contributed by atoms with Gasteiger partial charge in [-0.1, -0.05) is 18.2 Å². The van der Waals surface area contributed by atoms with Gasteiger partial charge in [0.2, 0.25) is 0 Å². The zero-order valence-electron chi connectivity index (χ0n) is 11.6. The van der Waals surface area contributed by atoms with E-state index in [9.17, 15) is 9.50 Å². The van der Waals surface area contributed by atoms with Gasteiger partial charge in [0.05, 0.1) is 12.2 Å². The molecule has 1 heterocycles. The van der Waals surface area contributed by atoms with E-state index in [0.29, 0.717) is 18.0 Å². The normalized spacial score (nSPS) is 24.9. The van der Waals surface area contributed by atoms with Crippen molar-refractivity contribution < 1.29 is 14.2 Å². The van der Waals surface area contributed by atoms with Crippen molar-refractivity contribution in [1.29, 1.82) is 0 Å². The molecule has 106 valence electrons. The Kier molecular flexibility index (Phi) is 4.91. The van der Waals surface area contributed by atoms with Gasteiger partial charge in [-0.25, -0.2) is 4.39 Å². The van der Waals surface area contributed by atoms with Crippen LogP contribution in [0.3, 0.4) is 0 Å². The SMILES string of the molecule is CC1OCCC1N(C)CCC(O)c1ccccc1F. The molecule has 0 saturated carbocycles. The van der Waals surface area contributed by atoms with Gasteiger partial charge in [-0.2, -0.15) is 0 Å². The summed E-state index contributed by atoms with van der Waals surface area (Å²) >= 11 is 0. The largest absolute Gasteiger partial charge is 0.388 e. The van der Waals surface area contributed by atoms with E-state index < -0.39 is 6.10 Å². The quantitative estimate of drug-likeness (QED) is 0.889. The van der Waals surface area contributed by atoms with Gasteiger partial charge in [0, 0.05) is 24.8 Å². The maximum atomic E-state index is 13.5. The van der Waals surface area contributed by atoms with Crippen molar-refractivity contribution in [3.05, 3.63) is 35.6 Å². The molecule has 4 heteroatoms. The molecule has 1 saturated heterocycles. The second-order valence-corrected chi connectivity index (χ2v) is 5.24. The summed E-state index contributed by atoms with van der Waals surface area (Å²) in [5.41, 5.74) is 0.381. The van der Waals surface area contributed by atoms with Crippen molar-refractivity contribution in [2.45, 2.75) is 38.0 Å². The molecule has 1 aromatic rings. The molecule has 0 aliphatic carbocycles. The van der Waals surface area contributed by atoms with Gasteiger partial charge >= 0.3 is 0 Å². The summed E-state index contributed by atoms with van der Waals surface area (Å²) in [4.78, 5) is 2.20. The van der Waals surface area contributed by atoms with Crippen LogP contribution in [0.25, 0.3) is 0 Å².